The van der Waals surface area contributed by atoms with Gasteiger partial charge < -0.3 is 10.5 Å². The number of rotatable bonds is 6. The van der Waals surface area contributed by atoms with E-state index in [4.69, 9.17) is 10.5 Å². The van der Waals surface area contributed by atoms with Gasteiger partial charge in [0.05, 0.1) is 12.0 Å². The average Bonchev–Trinajstić information content (AvgIpc) is 2.53. The smallest absolute Gasteiger partial charge is 0.248 e. The molecular weight excluding hydrogens is 304 g/mol. The first-order valence-corrected chi connectivity index (χ1v) is 7.93. The summed E-state index contributed by atoms with van der Waals surface area (Å²) in [6.07, 6.45) is 0. The van der Waals surface area contributed by atoms with E-state index >= 15 is 0 Å². The van der Waals surface area contributed by atoms with Crippen molar-refractivity contribution in [1.29, 1.82) is 0 Å². The van der Waals surface area contributed by atoms with Gasteiger partial charge in [0, 0.05) is 12.1 Å². The van der Waals surface area contributed by atoms with Crippen LogP contribution < -0.4 is 15.2 Å². The lowest BCUT2D eigenvalue weighted by Gasteiger charge is -2.08. The van der Waals surface area contributed by atoms with E-state index in [1.807, 2.05) is 0 Å². The molecule has 0 unspecified atom stereocenters. The van der Waals surface area contributed by atoms with E-state index in [2.05, 4.69) is 4.72 Å². The van der Waals surface area contributed by atoms with Gasteiger partial charge in [0.25, 0.3) is 0 Å². The Kier molecular flexibility index (Phi) is 4.79. The van der Waals surface area contributed by atoms with Crippen molar-refractivity contribution < 1.29 is 17.9 Å². The van der Waals surface area contributed by atoms with Crippen molar-refractivity contribution in [3.05, 3.63) is 59.7 Å². The van der Waals surface area contributed by atoms with Gasteiger partial charge >= 0.3 is 0 Å². The summed E-state index contributed by atoms with van der Waals surface area (Å²) in [5.41, 5.74) is 6.15. The van der Waals surface area contributed by atoms with Crippen LogP contribution >= 0.6 is 0 Å². The number of benzene rings is 2. The fourth-order valence-corrected chi connectivity index (χ4v) is 2.86. The zero-order chi connectivity index (χ0) is 16.2. The Balaban J connectivity index is 2.11. The van der Waals surface area contributed by atoms with Gasteiger partial charge in [-0.3, -0.25) is 4.79 Å². The summed E-state index contributed by atoms with van der Waals surface area (Å²) >= 11 is 0. The molecule has 0 radical (unpaired) electrons. The fraction of sp³-hybridized carbons (Fsp3) is 0.133. The van der Waals surface area contributed by atoms with Crippen LogP contribution in [0.2, 0.25) is 0 Å². The highest BCUT2D eigenvalue weighted by atomic mass is 32.2. The Morgan fingerprint density at radius 2 is 1.86 bits per heavy atom. The van der Waals surface area contributed by atoms with E-state index in [1.165, 1.54) is 24.3 Å². The standard InChI is InChI=1S/C15H16N2O4S/c1-21-13-4-2-3-11(9-13)10-17-22(19,20)14-7-5-12(6-8-14)15(16)18/h2-9,17H,10H2,1H3,(H2,16,18). The molecule has 2 rings (SSSR count). The molecule has 7 heteroatoms. The summed E-state index contributed by atoms with van der Waals surface area (Å²) in [5.74, 6) is 0.0517. The summed E-state index contributed by atoms with van der Waals surface area (Å²) < 4.78 is 31.9. The topological polar surface area (TPSA) is 98.5 Å². The molecule has 0 heterocycles. The predicted octanol–water partition coefficient (Wildman–Crippen LogP) is 1.27. The van der Waals surface area contributed by atoms with Crippen LogP contribution in [-0.4, -0.2) is 21.4 Å². The Morgan fingerprint density at radius 3 is 2.45 bits per heavy atom. The van der Waals surface area contributed by atoms with Crippen molar-refractivity contribution in [2.75, 3.05) is 7.11 Å². The highest BCUT2D eigenvalue weighted by Gasteiger charge is 2.14. The van der Waals surface area contributed by atoms with Crippen LogP contribution in [0.4, 0.5) is 0 Å². The van der Waals surface area contributed by atoms with E-state index in [0.717, 1.165) is 5.56 Å². The summed E-state index contributed by atoms with van der Waals surface area (Å²) in [4.78, 5) is 11.0. The summed E-state index contributed by atoms with van der Waals surface area (Å²) in [5, 5.41) is 0. The third kappa shape index (κ3) is 3.84. The lowest BCUT2D eigenvalue weighted by Crippen LogP contribution is -2.23. The Labute approximate surface area is 129 Å². The number of hydrogen-bond acceptors (Lipinski definition) is 4. The minimum Gasteiger partial charge on any atom is -0.497 e. The monoisotopic (exact) mass is 320 g/mol. The highest BCUT2D eigenvalue weighted by molar-refractivity contribution is 7.89. The molecule has 2 aromatic rings. The quantitative estimate of drug-likeness (QED) is 0.837. The number of primary amides is 1. The van der Waals surface area contributed by atoms with Gasteiger partial charge in [-0.05, 0) is 42.0 Å². The highest BCUT2D eigenvalue weighted by Crippen LogP contribution is 2.14. The lowest BCUT2D eigenvalue weighted by atomic mass is 10.2. The number of hydrogen-bond donors (Lipinski definition) is 2. The second-order valence-electron chi connectivity index (χ2n) is 4.56. The van der Waals surface area contributed by atoms with E-state index in [9.17, 15) is 13.2 Å². The maximum absolute atomic E-state index is 12.2. The number of amides is 1. The number of carbonyl (C=O) groups excluding carboxylic acids is 1. The number of carbonyl (C=O) groups is 1. The maximum Gasteiger partial charge on any atom is 0.248 e. The first-order valence-electron chi connectivity index (χ1n) is 6.45. The van der Waals surface area contributed by atoms with Crippen LogP contribution in [-0.2, 0) is 16.6 Å². The molecule has 0 aliphatic heterocycles. The van der Waals surface area contributed by atoms with Crippen LogP contribution in [0.15, 0.2) is 53.4 Å². The number of ether oxygens (including phenoxy) is 1. The molecule has 2 aromatic carbocycles. The zero-order valence-electron chi connectivity index (χ0n) is 11.9. The van der Waals surface area contributed by atoms with Crippen molar-refractivity contribution in [1.82, 2.24) is 4.72 Å². The molecule has 0 aliphatic carbocycles. The zero-order valence-corrected chi connectivity index (χ0v) is 12.8. The minimum absolute atomic E-state index is 0.0698. The van der Waals surface area contributed by atoms with Gasteiger partial charge in [-0.15, -0.1) is 0 Å². The molecule has 0 atom stereocenters. The molecule has 0 aromatic heterocycles. The molecule has 3 N–H and O–H groups in total. The Morgan fingerprint density at radius 1 is 1.18 bits per heavy atom. The lowest BCUT2D eigenvalue weighted by molar-refractivity contribution is 0.1000. The first-order chi connectivity index (χ1) is 10.4. The molecule has 0 saturated carbocycles. The predicted molar refractivity (Wildman–Crippen MR) is 82.0 cm³/mol. The third-order valence-electron chi connectivity index (χ3n) is 3.05. The van der Waals surface area contributed by atoms with Gasteiger partial charge in [0.1, 0.15) is 5.75 Å². The molecule has 0 aliphatic rings. The van der Waals surface area contributed by atoms with Gasteiger partial charge in [-0.25, -0.2) is 13.1 Å². The SMILES string of the molecule is COc1cccc(CNS(=O)(=O)c2ccc(C(N)=O)cc2)c1. The number of nitrogens with two attached hydrogens (primary N) is 1. The third-order valence-corrected chi connectivity index (χ3v) is 4.47. The Hall–Kier alpha value is -2.38. The van der Waals surface area contributed by atoms with Crippen LogP contribution in [0.5, 0.6) is 5.75 Å². The largest absolute Gasteiger partial charge is 0.497 e. The number of methoxy groups -OCH3 is 1. The van der Waals surface area contributed by atoms with Crippen LogP contribution in [0, 0.1) is 0 Å². The van der Waals surface area contributed by atoms with Crippen molar-refractivity contribution >= 4 is 15.9 Å². The summed E-state index contributed by atoms with van der Waals surface area (Å²) in [7, 11) is -2.12. The Bertz CT molecular complexity index is 770. The molecule has 22 heavy (non-hydrogen) atoms. The molecule has 0 saturated heterocycles. The molecule has 0 fully saturated rings. The van der Waals surface area contributed by atoms with E-state index in [0.29, 0.717) is 5.75 Å². The van der Waals surface area contributed by atoms with Crippen molar-refractivity contribution in [3.63, 3.8) is 0 Å². The van der Waals surface area contributed by atoms with Gasteiger partial charge in [0.15, 0.2) is 0 Å². The van der Waals surface area contributed by atoms with Gasteiger partial charge in [0.2, 0.25) is 15.9 Å². The number of sulfonamides is 1. The second-order valence-corrected chi connectivity index (χ2v) is 6.33. The summed E-state index contributed by atoms with van der Waals surface area (Å²) in [6.45, 7) is 0.136. The van der Waals surface area contributed by atoms with Gasteiger partial charge in [-0.1, -0.05) is 12.1 Å². The van der Waals surface area contributed by atoms with Crippen LogP contribution in [0.25, 0.3) is 0 Å². The van der Waals surface area contributed by atoms with E-state index in [1.54, 1.807) is 31.4 Å². The molecular formula is C15H16N2O4S. The first kappa shape index (κ1) is 16.0. The molecule has 1 amide bonds. The van der Waals surface area contributed by atoms with Crippen molar-refractivity contribution in [3.8, 4) is 5.75 Å². The van der Waals surface area contributed by atoms with Crippen LogP contribution in [0.3, 0.4) is 0 Å². The van der Waals surface area contributed by atoms with E-state index in [-0.39, 0.29) is 17.0 Å². The van der Waals surface area contributed by atoms with Gasteiger partial charge in [-0.2, -0.15) is 0 Å². The molecule has 0 spiro atoms. The molecule has 116 valence electrons. The molecule has 6 nitrogen and oxygen atoms in total. The summed E-state index contributed by atoms with van der Waals surface area (Å²) in [6, 6.07) is 12.5. The normalized spacial score (nSPS) is 11.1. The van der Waals surface area contributed by atoms with Crippen LogP contribution in [0.1, 0.15) is 15.9 Å². The number of nitrogens with one attached hydrogen (secondary N) is 1. The fourth-order valence-electron chi connectivity index (χ4n) is 1.84. The minimum atomic E-state index is -3.66. The van der Waals surface area contributed by atoms with Crippen molar-refractivity contribution in [2.45, 2.75) is 11.4 Å². The average molecular weight is 320 g/mol. The molecule has 0 bridgehead atoms. The van der Waals surface area contributed by atoms with Crippen molar-refractivity contribution in [2.24, 2.45) is 5.73 Å². The maximum atomic E-state index is 12.2. The second kappa shape index (κ2) is 6.59. The van der Waals surface area contributed by atoms with E-state index < -0.39 is 15.9 Å².